The molecule has 22 heteroatoms. The molecule has 1 aliphatic rings. The fourth-order valence-corrected chi connectivity index (χ4v) is 6.17. The number of hydrogen-bond donors (Lipinski definition) is 6. The van der Waals surface area contributed by atoms with Crippen molar-refractivity contribution in [2.75, 3.05) is 77.9 Å². The molecular formula is C46H65N7O15. The number of nitro groups is 1. The van der Waals surface area contributed by atoms with Crippen LogP contribution in [0.2, 0.25) is 0 Å². The van der Waals surface area contributed by atoms with Crippen LogP contribution in [0.4, 0.5) is 21.0 Å². The monoisotopic (exact) mass is 955 g/mol. The highest BCUT2D eigenvalue weighted by molar-refractivity contribution is 5.98. The molecule has 3 unspecified atom stereocenters. The second-order valence-corrected chi connectivity index (χ2v) is 15.6. The third kappa shape index (κ3) is 24.9. The van der Waals surface area contributed by atoms with E-state index in [4.69, 9.17) is 38.9 Å². The molecule has 22 nitrogen and oxygen atoms in total. The number of nitrogens with two attached hydrogens (primary N) is 1. The summed E-state index contributed by atoms with van der Waals surface area (Å²) in [6.45, 7) is 6.11. The molecule has 7 N–H and O–H groups in total. The predicted octanol–water partition coefficient (Wildman–Crippen LogP) is 3.25. The van der Waals surface area contributed by atoms with Crippen LogP contribution in [-0.4, -0.2) is 131 Å². The van der Waals surface area contributed by atoms with Gasteiger partial charge in [-0.1, -0.05) is 38.3 Å². The van der Waals surface area contributed by atoms with Gasteiger partial charge in [-0.3, -0.25) is 29.3 Å². The van der Waals surface area contributed by atoms with Gasteiger partial charge in [0.15, 0.2) is 0 Å². The highest BCUT2D eigenvalue weighted by atomic mass is 16.7. The first kappa shape index (κ1) is 55.9. The fourth-order valence-electron chi connectivity index (χ4n) is 6.17. The van der Waals surface area contributed by atoms with Crippen LogP contribution in [0.1, 0.15) is 70.8 Å². The summed E-state index contributed by atoms with van der Waals surface area (Å²) < 4.78 is 37.7. The topological polar surface area (TPSA) is 296 Å². The molecule has 6 amide bonds. The molecule has 2 aromatic carbocycles. The summed E-state index contributed by atoms with van der Waals surface area (Å²) in [6, 6.07) is 8.42. The Morgan fingerprint density at radius 3 is 2.09 bits per heavy atom. The Kier molecular flexibility index (Phi) is 27.3. The van der Waals surface area contributed by atoms with E-state index in [1.165, 1.54) is 24.3 Å². The van der Waals surface area contributed by atoms with Crippen molar-refractivity contribution < 1.29 is 66.8 Å². The first-order valence-corrected chi connectivity index (χ1v) is 22.6. The maximum Gasteiger partial charge on any atom is 0.514 e. The van der Waals surface area contributed by atoms with Gasteiger partial charge in [-0.25, -0.2) is 9.59 Å². The van der Waals surface area contributed by atoms with Gasteiger partial charge in [-0.15, -0.1) is 5.92 Å². The lowest BCUT2D eigenvalue weighted by Gasteiger charge is -2.25. The Hall–Kier alpha value is -6.38. The van der Waals surface area contributed by atoms with Gasteiger partial charge >= 0.3 is 12.2 Å². The zero-order valence-electron chi connectivity index (χ0n) is 38.7. The minimum Gasteiger partial charge on any atom is -0.429 e. The van der Waals surface area contributed by atoms with Crippen LogP contribution >= 0.6 is 0 Å². The zero-order valence-corrected chi connectivity index (χ0v) is 38.7. The molecule has 374 valence electrons. The Balaban J connectivity index is 1.29. The summed E-state index contributed by atoms with van der Waals surface area (Å²) in [5.41, 5.74) is 5.92. The number of benzene rings is 2. The molecule has 0 bridgehead atoms. The van der Waals surface area contributed by atoms with Crippen LogP contribution in [0.15, 0.2) is 48.5 Å². The van der Waals surface area contributed by atoms with Crippen LogP contribution in [0.3, 0.4) is 0 Å². The highest BCUT2D eigenvalue weighted by Crippen LogP contribution is 2.19. The molecule has 3 atom stereocenters. The van der Waals surface area contributed by atoms with Crippen LogP contribution in [0, 0.1) is 27.9 Å². The standard InChI is InChI=1S/C46H65N7O15/c1-33(2)42(52-40(54)20-23-62-25-27-64-29-30-65-28-26-63-24-22-48-41(55)32-66-37-9-6-4-3-5-7-10-37)44(57)51-39(11-8-21-49-45(47)58)43(56)50-35-14-12-34(13-15-35)31-67-46(59)68-38-18-16-36(17-19-38)53(60)61/h12-19,33,37,39,42H,3-6,8-9,11,20-32H2,1-2H3,(H,48,55)(H,50,56)(H,51,57)(H,52,54)(H3,47,49,58). The van der Waals surface area contributed by atoms with E-state index in [-0.39, 0.29) is 88.2 Å². The molecule has 0 saturated carbocycles. The minimum atomic E-state index is -1.07. The Morgan fingerprint density at radius 1 is 0.779 bits per heavy atom. The molecule has 3 rings (SSSR count). The number of primary amides is 1. The van der Waals surface area contributed by atoms with Gasteiger partial charge in [0, 0.05) is 43.8 Å². The van der Waals surface area contributed by atoms with Gasteiger partial charge in [0.2, 0.25) is 23.6 Å². The number of urea groups is 1. The summed E-state index contributed by atoms with van der Waals surface area (Å²) in [6.07, 6.45) is 4.16. The average Bonchev–Trinajstić information content (AvgIpc) is 3.29. The maximum absolute atomic E-state index is 13.5. The largest absolute Gasteiger partial charge is 0.514 e. The second kappa shape index (κ2) is 33.2. The molecule has 0 fully saturated rings. The number of non-ortho nitro benzene ring substituents is 1. The summed E-state index contributed by atoms with van der Waals surface area (Å²) in [4.78, 5) is 85.3. The van der Waals surface area contributed by atoms with Crippen LogP contribution < -0.4 is 37.1 Å². The van der Waals surface area contributed by atoms with Gasteiger partial charge < -0.3 is 65.5 Å². The third-order valence-corrected chi connectivity index (χ3v) is 9.80. The van der Waals surface area contributed by atoms with Crippen molar-refractivity contribution in [1.82, 2.24) is 21.3 Å². The van der Waals surface area contributed by atoms with E-state index in [2.05, 4.69) is 38.4 Å². The Bertz CT molecular complexity index is 1940. The number of hydrogen-bond acceptors (Lipinski definition) is 15. The Morgan fingerprint density at radius 2 is 1.44 bits per heavy atom. The summed E-state index contributed by atoms with van der Waals surface area (Å²) in [5, 5.41) is 24.2. The number of nitrogens with zero attached hydrogens (tertiary/aromatic N) is 1. The van der Waals surface area contributed by atoms with Gasteiger partial charge in [-0.05, 0) is 67.9 Å². The van der Waals surface area contributed by atoms with Gasteiger partial charge in [0.1, 0.15) is 37.2 Å². The van der Waals surface area contributed by atoms with E-state index in [0.29, 0.717) is 50.8 Å². The number of carbonyl (C=O) groups is 6. The zero-order chi connectivity index (χ0) is 49.4. The van der Waals surface area contributed by atoms with Crippen LogP contribution in [-0.2, 0) is 54.2 Å². The SMILES string of the molecule is CC(C)C(NC(=O)CCOCCOCCOCCOCCNC(=O)COC1C#CCCCCC1)C(=O)NC(CCCNC(N)=O)C(=O)Nc1ccc(COC(=O)Oc2ccc([N+](=O)[O-])cc2)cc1. The first-order valence-electron chi connectivity index (χ1n) is 22.6. The van der Waals surface area contributed by atoms with Crippen LogP contribution in [0.5, 0.6) is 5.75 Å². The van der Waals surface area contributed by atoms with Gasteiger partial charge in [-0.2, -0.15) is 0 Å². The van der Waals surface area contributed by atoms with E-state index in [1.807, 2.05) is 0 Å². The molecular weight excluding hydrogens is 891 g/mol. The molecule has 0 aromatic heterocycles. The number of amides is 6. The van der Waals surface area contributed by atoms with Crippen molar-refractivity contribution in [1.29, 1.82) is 0 Å². The smallest absolute Gasteiger partial charge is 0.429 e. The third-order valence-electron chi connectivity index (χ3n) is 9.80. The van der Waals surface area contributed by atoms with E-state index >= 15 is 0 Å². The van der Waals surface area contributed by atoms with Crippen molar-refractivity contribution in [3.8, 4) is 17.6 Å². The molecule has 68 heavy (non-hydrogen) atoms. The molecule has 0 heterocycles. The molecule has 0 saturated heterocycles. The Labute approximate surface area is 395 Å². The maximum atomic E-state index is 13.5. The van der Waals surface area contributed by atoms with Crippen molar-refractivity contribution in [3.63, 3.8) is 0 Å². The fraction of sp³-hybridized carbons (Fsp3) is 0.565. The molecule has 0 aliphatic heterocycles. The van der Waals surface area contributed by atoms with E-state index in [9.17, 15) is 38.9 Å². The lowest BCUT2D eigenvalue weighted by Crippen LogP contribution is -2.54. The summed E-state index contributed by atoms with van der Waals surface area (Å²) >= 11 is 0. The summed E-state index contributed by atoms with van der Waals surface area (Å²) in [5.74, 6) is 4.09. The average molecular weight is 956 g/mol. The van der Waals surface area contributed by atoms with Crippen LogP contribution in [0.25, 0.3) is 0 Å². The number of anilines is 1. The van der Waals surface area contributed by atoms with Gasteiger partial charge in [0.25, 0.3) is 5.69 Å². The van der Waals surface area contributed by atoms with Crippen molar-refractivity contribution in [3.05, 3.63) is 64.2 Å². The molecule has 2 aromatic rings. The minimum absolute atomic E-state index is 0.0276. The van der Waals surface area contributed by atoms with Crippen molar-refractivity contribution in [2.45, 2.75) is 90.0 Å². The molecule has 0 radical (unpaired) electrons. The predicted molar refractivity (Wildman–Crippen MR) is 246 cm³/mol. The van der Waals surface area contributed by atoms with Gasteiger partial charge in [0.05, 0.1) is 57.8 Å². The number of nitrogens with one attached hydrogen (secondary N) is 5. The summed E-state index contributed by atoms with van der Waals surface area (Å²) in [7, 11) is 0. The number of nitro benzene ring substituents is 1. The normalized spacial score (nSPS) is 14.1. The number of rotatable bonds is 32. The quantitative estimate of drug-likeness (QED) is 0.0153. The second-order valence-electron chi connectivity index (χ2n) is 15.6. The first-order chi connectivity index (χ1) is 32.8. The molecule has 1 aliphatic carbocycles. The molecule has 0 spiro atoms. The van der Waals surface area contributed by atoms with E-state index < -0.39 is 46.9 Å². The van der Waals surface area contributed by atoms with E-state index in [0.717, 1.165) is 32.1 Å². The lowest BCUT2D eigenvalue weighted by molar-refractivity contribution is -0.384. The van der Waals surface area contributed by atoms with Crippen molar-refractivity contribution >= 4 is 47.2 Å². The highest BCUT2D eigenvalue weighted by Gasteiger charge is 2.29. The number of carbonyl (C=O) groups excluding carboxylic acids is 6. The van der Waals surface area contributed by atoms with Crippen molar-refractivity contribution in [2.24, 2.45) is 11.7 Å². The number of ether oxygens (including phenoxy) is 7. The lowest BCUT2D eigenvalue weighted by atomic mass is 10.0. The van der Waals surface area contributed by atoms with E-state index in [1.54, 1.807) is 38.1 Å².